The van der Waals surface area contributed by atoms with Crippen LogP contribution in [0.5, 0.6) is 0 Å². The summed E-state index contributed by atoms with van der Waals surface area (Å²) in [4.78, 5) is 0. The predicted molar refractivity (Wildman–Crippen MR) is 53.1 cm³/mol. The Hall–Kier alpha value is 0.717. The van der Waals surface area contributed by atoms with Crippen LogP contribution in [0, 0.1) is 0 Å². The molecule has 1 aliphatic heterocycles. The summed E-state index contributed by atoms with van der Waals surface area (Å²) in [6.07, 6.45) is 1.17. The van der Waals surface area contributed by atoms with Gasteiger partial charge in [0.25, 0.3) is 6.69 Å². The highest BCUT2D eigenvalue weighted by Gasteiger charge is 2.34. The predicted octanol–water partition coefficient (Wildman–Crippen LogP) is 2.27. The van der Waals surface area contributed by atoms with Crippen LogP contribution >= 0.6 is 22.2 Å². The molecule has 0 aromatic heterocycles. The Kier molecular flexibility index (Phi) is 3.86. The second-order valence-electron chi connectivity index (χ2n) is 3.14. The summed E-state index contributed by atoms with van der Waals surface area (Å²) < 4.78 is 10.6. The van der Waals surface area contributed by atoms with E-state index in [1.807, 2.05) is 13.5 Å². The molecule has 5 heteroatoms. The van der Waals surface area contributed by atoms with E-state index in [4.69, 9.17) is 31.6 Å². The van der Waals surface area contributed by atoms with Crippen LogP contribution in [0.4, 0.5) is 0 Å². The van der Waals surface area contributed by atoms with E-state index >= 15 is 0 Å². The van der Waals surface area contributed by atoms with Crippen molar-refractivity contribution in [3.63, 3.8) is 0 Å². The molecule has 1 saturated heterocycles. The van der Waals surface area contributed by atoms with Crippen LogP contribution in [0.1, 0.15) is 13.3 Å². The van der Waals surface area contributed by atoms with Gasteiger partial charge in [0.05, 0.1) is 18.9 Å². The number of epoxide rings is 1. The zero-order valence-electron chi connectivity index (χ0n) is 7.35. The van der Waals surface area contributed by atoms with Gasteiger partial charge in [-0.05, 0) is 13.0 Å². The molecule has 0 aromatic rings. The Labute approximate surface area is 83.5 Å². The summed E-state index contributed by atoms with van der Waals surface area (Å²) >= 11 is 12.1. The molecule has 0 radical (unpaired) electrons. The van der Waals surface area contributed by atoms with Crippen LogP contribution in [0.15, 0.2) is 0 Å². The molecule has 2 unspecified atom stereocenters. The first-order valence-corrected chi connectivity index (χ1v) is 8.75. The smallest absolute Gasteiger partial charge is 0.275 e. The van der Waals surface area contributed by atoms with E-state index in [0.29, 0.717) is 12.7 Å². The van der Waals surface area contributed by atoms with E-state index in [2.05, 4.69) is 0 Å². The van der Waals surface area contributed by atoms with E-state index in [1.54, 1.807) is 0 Å². The molecule has 0 amide bonds. The molecule has 1 heterocycles. The third kappa shape index (κ3) is 3.62. The van der Waals surface area contributed by atoms with Crippen molar-refractivity contribution in [2.75, 3.05) is 13.2 Å². The monoisotopic (exact) mass is 228 g/mol. The fraction of sp³-hybridized carbons (Fsp3) is 1.00. The Balaban J connectivity index is 2.23. The van der Waals surface area contributed by atoms with E-state index in [-0.39, 0.29) is 5.73 Å². The zero-order valence-corrected chi connectivity index (χ0v) is 9.86. The number of rotatable bonds is 5. The van der Waals surface area contributed by atoms with Crippen molar-refractivity contribution >= 4 is 28.9 Å². The third-order valence-electron chi connectivity index (χ3n) is 1.82. The average molecular weight is 229 g/mol. The van der Waals surface area contributed by atoms with Crippen molar-refractivity contribution < 1.29 is 9.47 Å². The van der Waals surface area contributed by atoms with Crippen molar-refractivity contribution in [1.29, 1.82) is 0 Å². The van der Waals surface area contributed by atoms with Gasteiger partial charge in [-0.2, -0.15) is 0 Å². The normalized spacial score (nSPS) is 25.5. The van der Waals surface area contributed by atoms with E-state index in [0.717, 1.165) is 13.0 Å². The van der Waals surface area contributed by atoms with Gasteiger partial charge in [-0.1, -0.05) is 6.92 Å². The fourth-order valence-corrected chi connectivity index (χ4v) is 3.42. The molecule has 0 spiro atoms. The molecular formula is C7H14Cl2O2Si. The largest absolute Gasteiger partial charge is 0.376 e. The lowest BCUT2D eigenvalue weighted by atomic mass is 10.5. The van der Waals surface area contributed by atoms with Gasteiger partial charge in [0.2, 0.25) is 0 Å². The minimum Gasteiger partial charge on any atom is -0.376 e. The molecule has 1 fully saturated rings. The van der Waals surface area contributed by atoms with Crippen LogP contribution in [0.25, 0.3) is 0 Å². The number of hydrogen-bond donors (Lipinski definition) is 0. The molecule has 12 heavy (non-hydrogen) atoms. The first kappa shape index (κ1) is 10.8. The molecule has 1 rings (SSSR count). The summed E-state index contributed by atoms with van der Waals surface area (Å²) in [6, 6.07) is 0. The number of halogens is 2. The number of hydrogen-bond acceptors (Lipinski definition) is 2. The SMILES string of the molecule is CCC(OCC1CO1)[Si](C)(Cl)Cl. The maximum Gasteiger partial charge on any atom is 0.275 e. The molecule has 2 atom stereocenters. The molecule has 0 saturated carbocycles. The van der Waals surface area contributed by atoms with E-state index in [1.165, 1.54) is 0 Å². The maximum atomic E-state index is 6.04. The highest BCUT2D eigenvalue weighted by molar-refractivity contribution is 7.45. The van der Waals surface area contributed by atoms with Gasteiger partial charge in [-0.3, -0.25) is 0 Å². The highest BCUT2D eigenvalue weighted by atomic mass is 35.7. The van der Waals surface area contributed by atoms with Crippen molar-refractivity contribution in [2.24, 2.45) is 0 Å². The lowest BCUT2D eigenvalue weighted by molar-refractivity contribution is 0.0859. The summed E-state index contributed by atoms with van der Waals surface area (Å²) in [5.41, 5.74) is 0.0324. The third-order valence-corrected chi connectivity index (χ3v) is 4.99. The van der Waals surface area contributed by atoms with Crippen molar-refractivity contribution in [2.45, 2.75) is 31.7 Å². The molecule has 1 aliphatic rings. The molecule has 0 aromatic carbocycles. The van der Waals surface area contributed by atoms with Gasteiger partial charge >= 0.3 is 0 Å². The van der Waals surface area contributed by atoms with Gasteiger partial charge in [0, 0.05) is 0 Å². The van der Waals surface area contributed by atoms with Crippen molar-refractivity contribution in [1.82, 2.24) is 0 Å². The van der Waals surface area contributed by atoms with E-state index in [9.17, 15) is 0 Å². The van der Waals surface area contributed by atoms with Crippen molar-refractivity contribution in [3.8, 4) is 0 Å². The second-order valence-corrected chi connectivity index (χ2v) is 11.0. The average Bonchev–Trinajstić information content (AvgIpc) is 2.69. The Morgan fingerprint density at radius 3 is 2.58 bits per heavy atom. The van der Waals surface area contributed by atoms with Crippen molar-refractivity contribution in [3.05, 3.63) is 0 Å². The Morgan fingerprint density at radius 1 is 1.67 bits per heavy atom. The van der Waals surface area contributed by atoms with Crippen LogP contribution in [0.2, 0.25) is 6.55 Å². The minimum absolute atomic E-state index is 0.0324. The van der Waals surface area contributed by atoms with Gasteiger partial charge < -0.3 is 9.47 Å². The highest BCUT2D eigenvalue weighted by Crippen LogP contribution is 2.24. The van der Waals surface area contributed by atoms with Crippen LogP contribution < -0.4 is 0 Å². The Bertz CT molecular complexity index is 145. The van der Waals surface area contributed by atoms with E-state index < -0.39 is 6.69 Å². The molecular weight excluding hydrogens is 215 g/mol. The molecule has 2 nitrogen and oxygen atoms in total. The summed E-state index contributed by atoms with van der Waals surface area (Å²) in [6.45, 7) is 3.22. The zero-order chi connectivity index (χ0) is 9.19. The first-order chi connectivity index (χ1) is 5.54. The molecule has 0 aliphatic carbocycles. The lowest BCUT2D eigenvalue weighted by Gasteiger charge is -2.22. The molecule has 0 bridgehead atoms. The second kappa shape index (κ2) is 4.29. The van der Waals surface area contributed by atoms with Crippen LogP contribution in [-0.2, 0) is 9.47 Å². The summed E-state index contributed by atoms with van der Waals surface area (Å²) in [5.74, 6) is 0. The van der Waals surface area contributed by atoms with Gasteiger partial charge in [0.15, 0.2) is 0 Å². The minimum atomic E-state index is -2.16. The summed E-state index contributed by atoms with van der Waals surface area (Å²) in [7, 11) is 0. The molecule has 72 valence electrons. The van der Waals surface area contributed by atoms with Crippen LogP contribution in [0.3, 0.4) is 0 Å². The van der Waals surface area contributed by atoms with Gasteiger partial charge in [-0.25, -0.2) is 0 Å². The van der Waals surface area contributed by atoms with Gasteiger partial charge in [0.1, 0.15) is 6.10 Å². The topological polar surface area (TPSA) is 21.8 Å². The maximum absolute atomic E-state index is 6.04. The first-order valence-electron chi connectivity index (χ1n) is 4.15. The fourth-order valence-electron chi connectivity index (χ4n) is 1.01. The molecule has 0 N–H and O–H groups in total. The lowest BCUT2D eigenvalue weighted by Crippen LogP contribution is -2.36. The Morgan fingerprint density at radius 2 is 2.25 bits per heavy atom. The van der Waals surface area contributed by atoms with Crippen LogP contribution in [-0.4, -0.2) is 31.7 Å². The standard InChI is InChI=1S/C7H14Cl2O2Si/c1-3-7(12(2,8)9)11-5-6-4-10-6/h6-7H,3-5H2,1-2H3. The number of ether oxygens (including phenoxy) is 2. The quantitative estimate of drug-likeness (QED) is 0.410. The summed E-state index contributed by atoms with van der Waals surface area (Å²) in [5, 5.41) is 0. The van der Waals surface area contributed by atoms with Gasteiger partial charge in [-0.15, -0.1) is 22.2 Å².